The molecule has 13 heteroatoms. The first-order valence-corrected chi connectivity index (χ1v) is 9.83. The van der Waals surface area contributed by atoms with Gasteiger partial charge in [0.1, 0.15) is 12.4 Å². The van der Waals surface area contributed by atoms with Gasteiger partial charge in [-0.05, 0) is 43.5 Å². The summed E-state index contributed by atoms with van der Waals surface area (Å²) >= 11 is 0. The van der Waals surface area contributed by atoms with E-state index in [0.717, 1.165) is 6.42 Å². The molecule has 0 radical (unpaired) electrons. The molecule has 1 aromatic carbocycles. The lowest BCUT2D eigenvalue weighted by atomic mass is 10.1. The number of aliphatic hydroxyl groups is 1. The molecule has 1 unspecified atom stereocenters. The molecule has 4 rings (SSSR count). The number of nitrogens with zero attached hydrogens (tertiary/aromatic N) is 5. The number of carbonyl (C=O) groups excluding carboxylic acids is 1. The summed E-state index contributed by atoms with van der Waals surface area (Å²) in [6.45, 7) is -0.908. The van der Waals surface area contributed by atoms with Crippen molar-refractivity contribution in [3.05, 3.63) is 30.5 Å². The van der Waals surface area contributed by atoms with Crippen LogP contribution in [0.3, 0.4) is 0 Å². The molecule has 1 amide bonds. The normalized spacial score (nSPS) is 19.8. The largest absolute Gasteiger partial charge is 0.491 e. The quantitative estimate of drug-likeness (QED) is 0.492. The number of ether oxygens (including phenoxy) is 1. The third kappa shape index (κ3) is 4.72. The summed E-state index contributed by atoms with van der Waals surface area (Å²) in [4.78, 5) is 20.1. The Morgan fingerprint density at radius 2 is 2.06 bits per heavy atom. The molecule has 10 nitrogen and oxygen atoms in total. The van der Waals surface area contributed by atoms with Crippen LogP contribution in [0.1, 0.15) is 19.3 Å². The maximum absolute atomic E-state index is 12.4. The van der Waals surface area contributed by atoms with Crippen LogP contribution in [0.15, 0.2) is 30.5 Å². The number of aliphatic hydroxyl groups excluding tert-OH is 1. The predicted molar refractivity (Wildman–Crippen MR) is 106 cm³/mol. The van der Waals surface area contributed by atoms with Crippen molar-refractivity contribution in [1.29, 1.82) is 0 Å². The van der Waals surface area contributed by atoms with Gasteiger partial charge in [-0.2, -0.15) is 22.8 Å². The van der Waals surface area contributed by atoms with Crippen LogP contribution in [0.2, 0.25) is 0 Å². The Balaban J connectivity index is 1.47. The van der Waals surface area contributed by atoms with Crippen molar-refractivity contribution in [3.63, 3.8) is 0 Å². The van der Waals surface area contributed by atoms with Crippen LogP contribution in [0.4, 0.5) is 19.1 Å². The minimum atomic E-state index is -4.75. The lowest BCUT2D eigenvalue weighted by Gasteiger charge is -2.15. The van der Waals surface area contributed by atoms with Crippen molar-refractivity contribution in [3.8, 4) is 11.4 Å². The number of halogens is 3. The van der Waals surface area contributed by atoms with Crippen LogP contribution in [-0.4, -0.2) is 60.9 Å². The molecule has 0 aliphatic heterocycles. The summed E-state index contributed by atoms with van der Waals surface area (Å²) in [7, 11) is 0. The molecule has 2 heterocycles. The highest BCUT2D eigenvalue weighted by Crippen LogP contribution is 2.27. The Bertz CT molecular complexity index is 1100. The highest BCUT2D eigenvalue weighted by molar-refractivity contribution is 5.77. The summed E-state index contributed by atoms with van der Waals surface area (Å²) < 4.78 is 43.6. The van der Waals surface area contributed by atoms with E-state index in [1.807, 2.05) is 0 Å². The van der Waals surface area contributed by atoms with E-state index in [0.29, 0.717) is 35.6 Å². The number of benzene rings is 1. The molecular formula is C19H20F3N7O3. The van der Waals surface area contributed by atoms with Gasteiger partial charge in [-0.1, -0.05) is 5.21 Å². The number of anilines is 1. The minimum Gasteiger partial charge on any atom is -0.491 e. The predicted octanol–water partition coefficient (Wildman–Crippen LogP) is 1.58. The Morgan fingerprint density at radius 3 is 2.72 bits per heavy atom. The topological polar surface area (TPSA) is 141 Å². The van der Waals surface area contributed by atoms with Gasteiger partial charge in [0.05, 0.1) is 11.9 Å². The standard InChI is InChI=1S/C19H20F3N7O3/c20-19(21,22)15(30)9-32-13-5-3-12(4-6-13)29-17-14(27-28-29)8-24-18(26-17)25-11-2-1-10(7-11)16(23)31/h3-6,8,10-11,15,30H,1-2,7,9H2,(H2,23,31)(H,24,25,26)/t10-,11-,15?/m1/s1. The van der Waals surface area contributed by atoms with E-state index >= 15 is 0 Å². The van der Waals surface area contributed by atoms with E-state index in [-0.39, 0.29) is 23.6 Å². The highest BCUT2D eigenvalue weighted by atomic mass is 19.4. The van der Waals surface area contributed by atoms with Gasteiger partial charge >= 0.3 is 6.18 Å². The zero-order valence-corrected chi connectivity index (χ0v) is 16.7. The molecule has 1 saturated carbocycles. The van der Waals surface area contributed by atoms with Gasteiger partial charge in [-0.15, -0.1) is 5.10 Å². The highest BCUT2D eigenvalue weighted by Gasteiger charge is 2.38. The smallest absolute Gasteiger partial charge is 0.417 e. The van der Waals surface area contributed by atoms with Crippen LogP contribution in [0.5, 0.6) is 5.75 Å². The first kappa shape index (κ1) is 21.7. The molecule has 1 aliphatic carbocycles. The molecule has 0 spiro atoms. The van der Waals surface area contributed by atoms with Gasteiger partial charge in [0.15, 0.2) is 17.3 Å². The molecule has 3 aromatic rings. The monoisotopic (exact) mass is 451 g/mol. The van der Waals surface area contributed by atoms with Gasteiger partial charge in [0.2, 0.25) is 11.9 Å². The fourth-order valence-electron chi connectivity index (χ4n) is 3.48. The third-order valence-corrected chi connectivity index (χ3v) is 5.23. The summed E-state index contributed by atoms with van der Waals surface area (Å²) in [6.07, 6.45) is -3.70. The number of rotatable bonds is 7. The second-order valence-electron chi connectivity index (χ2n) is 7.52. The molecule has 170 valence electrons. The van der Waals surface area contributed by atoms with Gasteiger partial charge in [-0.25, -0.2) is 4.98 Å². The number of hydrogen-bond acceptors (Lipinski definition) is 8. The van der Waals surface area contributed by atoms with E-state index in [2.05, 4.69) is 25.6 Å². The number of aromatic nitrogens is 5. The second-order valence-corrected chi connectivity index (χ2v) is 7.52. The molecule has 3 atom stereocenters. The number of nitrogens with two attached hydrogens (primary N) is 1. The number of fused-ring (bicyclic) bond motifs is 1. The first-order valence-electron chi connectivity index (χ1n) is 9.83. The Kier molecular flexibility index (Phi) is 5.82. The van der Waals surface area contributed by atoms with Crippen molar-refractivity contribution in [2.45, 2.75) is 37.6 Å². The van der Waals surface area contributed by atoms with Crippen LogP contribution >= 0.6 is 0 Å². The average Bonchev–Trinajstić information content (AvgIpc) is 3.39. The number of amides is 1. The Labute approximate surface area is 179 Å². The first-order chi connectivity index (χ1) is 15.2. The maximum atomic E-state index is 12.4. The number of primary amides is 1. The van der Waals surface area contributed by atoms with Crippen molar-refractivity contribution >= 4 is 23.0 Å². The summed E-state index contributed by atoms with van der Waals surface area (Å²) in [6, 6.07) is 6.08. The van der Waals surface area contributed by atoms with Gasteiger partial charge in [0, 0.05) is 12.0 Å². The van der Waals surface area contributed by atoms with E-state index in [9.17, 15) is 18.0 Å². The van der Waals surface area contributed by atoms with Crippen molar-refractivity contribution in [2.24, 2.45) is 11.7 Å². The molecule has 1 fully saturated rings. The van der Waals surface area contributed by atoms with Gasteiger partial charge < -0.3 is 20.9 Å². The van der Waals surface area contributed by atoms with Crippen molar-refractivity contribution < 1.29 is 27.8 Å². The molecule has 2 aromatic heterocycles. The lowest BCUT2D eigenvalue weighted by molar-refractivity contribution is -0.210. The third-order valence-electron chi connectivity index (χ3n) is 5.23. The Hall–Kier alpha value is -3.48. The van der Waals surface area contributed by atoms with Gasteiger partial charge in [0.25, 0.3) is 0 Å². The van der Waals surface area contributed by atoms with E-state index in [4.69, 9.17) is 15.6 Å². The second kappa shape index (κ2) is 8.57. The minimum absolute atomic E-state index is 0.0257. The van der Waals surface area contributed by atoms with Crippen LogP contribution in [0, 0.1) is 5.92 Å². The maximum Gasteiger partial charge on any atom is 0.417 e. The van der Waals surface area contributed by atoms with E-state index in [1.54, 1.807) is 12.1 Å². The summed E-state index contributed by atoms with van der Waals surface area (Å²) in [5.41, 5.74) is 6.80. The lowest BCUT2D eigenvalue weighted by Crippen LogP contribution is -2.34. The summed E-state index contributed by atoms with van der Waals surface area (Å²) in [5, 5.41) is 20.3. The number of alkyl halides is 3. The van der Waals surface area contributed by atoms with Crippen LogP contribution < -0.4 is 15.8 Å². The molecule has 4 N–H and O–H groups in total. The van der Waals surface area contributed by atoms with E-state index in [1.165, 1.54) is 23.0 Å². The van der Waals surface area contributed by atoms with E-state index < -0.39 is 18.9 Å². The van der Waals surface area contributed by atoms with Crippen LogP contribution in [0.25, 0.3) is 16.9 Å². The fourth-order valence-corrected chi connectivity index (χ4v) is 3.48. The fraction of sp³-hybridized carbons (Fsp3) is 0.421. The molecule has 0 saturated heterocycles. The summed E-state index contributed by atoms with van der Waals surface area (Å²) in [5.74, 6) is 0.0376. The van der Waals surface area contributed by atoms with Crippen molar-refractivity contribution in [2.75, 3.05) is 11.9 Å². The molecule has 0 bridgehead atoms. The van der Waals surface area contributed by atoms with Crippen LogP contribution in [-0.2, 0) is 4.79 Å². The number of nitrogens with one attached hydrogen (secondary N) is 1. The average molecular weight is 451 g/mol. The number of hydrogen-bond donors (Lipinski definition) is 3. The molecule has 32 heavy (non-hydrogen) atoms. The SMILES string of the molecule is NC(=O)[C@@H]1CC[C@@H](Nc2ncc3nnn(-c4ccc(OCC(O)C(F)(F)F)cc4)c3n2)C1. The van der Waals surface area contributed by atoms with Crippen molar-refractivity contribution in [1.82, 2.24) is 25.0 Å². The van der Waals surface area contributed by atoms with Gasteiger partial charge in [-0.3, -0.25) is 4.79 Å². The zero-order chi connectivity index (χ0) is 22.9. The Morgan fingerprint density at radius 1 is 1.31 bits per heavy atom. The zero-order valence-electron chi connectivity index (χ0n) is 16.7. The molecule has 1 aliphatic rings. The molecular weight excluding hydrogens is 431 g/mol. The number of carbonyl (C=O) groups is 1.